The number of aliphatic carboxylic acids is 1. The SMILES string of the molecule is CCOC(=O)N1CC[C@@H](N2CCC(=CC3=C(C(=O)O)N4C(=O)[C@@H](NC(=O)/C(=N\O)c5nsc(N)n5)[C@H]4SC3)C2=O)C1. The quantitative estimate of drug-likeness (QED) is 0.101. The average molecular weight is 607 g/mol. The molecule has 0 unspecified atom stereocenters. The number of nitrogens with two attached hydrogens (primary N) is 1. The van der Waals surface area contributed by atoms with Gasteiger partial charge in [0.15, 0.2) is 5.13 Å². The number of carbonyl (C=O) groups is 5. The third-order valence-electron chi connectivity index (χ3n) is 7.09. The summed E-state index contributed by atoms with van der Waals surface area (Å²) >= 11 is 2.01. The number of allylic oxidation sites excluding steroid dienone is 1. The van der Waals surface area contributed by atoms with Crippen LogP contribution in [0.1, 0.15) is 25.6 Å². The Hall–Kier alpha value is -4.19. The van der Waals surface area contributed by atoms with Gasteiger partial charge in [0.25, 0.3) is 11.8 Å². The second kappa shape index (κ2) is 11.4. The predicted octanol–water partition coefficient (Wildman–Crippen LogP) is -0.573. The van der Waals surface area contributed by atoms with E-state index in [1.54, 1.807) is 16.7 Å². The van der Waals surface area contributed by atoms with Gasteiger partial charge >= 0.3 is 12.1 Å². The Labute approximate surface area is 241 Å². The molecule has 4 amide bonds. The Morgan fingerprint density at radius 3 is 2.73 bits per heavy atom. The van der Waals surface area contributed by atoms with Gasteiger partial charge in [-0.3, -0.25) is 19.3 Å². The van der Waals surface area contributed by atoms with Crippen molar-refractivity contribution in [2.75, 3.05) is 37.7 Å². The van der Waals surface area contributed by atoms with Gasteiger partial charge in [-0.05, 0) is 31.4 Å². The number of fused-ring (bicyclic) bond motifs is 1. The van der Waals surface area contributed by atoms with Crippen LogP contribution in [-0.4, -0.2) is 119 Å². The van der Waals surface area contributed by atoms with Crippen molar-refractivity contribution in [2.45, 2.75) is 37.2 Å². The van der Waals surface area contributed by atoms with Gasteiger partial charge < -0.3 is 35.9 Å². The summed E-state index contributed by atoms with van der Waals surface area (Å²) in [5.41, 5.74) is 5.44. The standard InChI is InChI=1S/C23H26N8O8S2/c1-2-39-23(37)29-5-4-12(8-29)30-6-3-10(18(30)33)7-11-9-40-20-14(19(34)31(20)15(11)21(35)36)25-17(32)13(27-38)16-26-22(24)41-28-16/h7,12,14,20,38H,2-6,8-9H2,1H3,(H,25,32)(H,35,36)(H2,24,26,28)/b10-7?,27-13-/t12-,14-,20-/m1/s1. The molecule has 16 nitrogen and oxygen atoms in total. The minimum Gasteiger partial charge on any atom is -0.477 e. The average Bonchev–Trinajstić information content (AvgIpc) is 3.68. The van der Waals surface area contributed by atoms with Crippen LogP contribution in [0.5, 0.6) is 0 Å². The molecule has 3 saturated heterocycles. The molecule has 1 aromatic rings. The van der Waals surface area contributed by atoms with Crippen LogP contribution in [0.4, 0.5) is 9.93 Å². The number of nitrogen functional groups attached to an aromatic ring is 1. The van der Waals surface area contributed by atoms with Crippen LogP contribution in [0.2, 0.25) is 0 Å². The lowest BCUT2D eigenvalue weighted by molar-refractivity contribution is -0.150. The highest BCUT2D eigenvalue weighted by Crippen LogP contribution is 2.41. The number of carbonyl (C=O) groups excluding carboxylic acids is 4. The van der Waals surface area contributed by atoms with Crippen LogP contribution in [0, 0.1) is 0 Å². The number of ether oxygens (including phenoxy) is 1. The Morgan fingerprint density at radius 1 is 1.29 bits per heavy atom. The molecule has 5 rings (SSSR count). The summed E-state index contributed by atoms with van der Waals surface area (Å²) < 4.78 is 8.86. The van der Waals surface area contributed by atoms with E-state index in [0.29, 0.717) is 43.6 Å². The lowest BCUT2D eigenvalue weighted by Gasteiger charge is -2.49. The first-order chi connectivity index (χ1) is 19.6. The molecule has 1 aromatic heterocycles. The third kappa shape index (κ3) is 5.19. The van der Waals surface area contributed by atoms with Gasteiger partial charge in [-0.25, -0.2) is 9.59 Å². The zero-order chi connectivity index (χ0) is 29.4. The minimum atomic E-state index is -1.34. The van der Waals surface area contributed by atoms with Gasteiger partial charge in [0.1, 0.15) is 17.1 Å². The van der Waals surface area contributed by atoms with Gasteiger partial charge in [-0.15, -0.1) is 11.8 Å². The summed E-state index contributed by atoms with van der Waals surface area (Å²) in [5, 5.41) is 23.9. The van der Waals surface area contributed by atoms with Gasteiger partial charge in [0.2, 0.25) is 17.4 Å². The van der Waals surface area contributed by atoms with Crippen molar-refractivity contribution in [2.24, 2.45) is 5.16 Å². The molecule has 0 radical (unpaired) electrons. The fraction of sp³-hybridized carbons (Fsp3) is 0.478. The molecule has 0 spiro atoms. The number of aromatic nitrogens is 2. The Morgan fingerprint density at radius 2 is 2.07 bits per heavy atom. The van der Waals surface area contributed by atoms with Crippen LogP contribution in [0.25, 0.3) is 0 Å². The molecule has 0 aliphatic carbocycles. The number of hydrogen-bond acceptors (Lipinski definition) is 13. The van der Waals surface area contributed by atoms with E-state index in [1.165, 1.54) is 17.8 Å². The van der Waals surface area contributed by atoms with Crippen molar-refractivity contribution < 1.29 is 39.0 Å². The summed E-state index contributed by atoms with van der Waals surface area (Å²) in [6, 6.07) is -1.25. The molecule has 0 aromatic carbocycles. The van der Waals surface area contributed by atoms with Crippen molar-refractivity contribution in [1.82, 2.24) is 29.4 Å². The van der Waals surface area contributed by atoms with Crippen molar-refractivity contribution >= 4 is 63.9 Å². The van der Waals surface area contributed by atoms with Crippen molar-refractivity contribution in [3.63, 3.8) is 0 Å². The molecule has 5 heterocycles. The van der Waals surface area contributed by atoms with E-state index in [4.69, 9.17) is 10.5 Å². The number of hydrogen-bond donors (Lipinski definition) is 4. The number of nitrogens with zero attached hydrogens (tertiary/aromatic N) is 6. The third-order valence-corrected chi connectivity index (χ3v) is 8.94. The molecule has 4 aliphatic rings. The number of thioether (sulfide) groups is 1. The highest BCUT2D eigenvalue weighted by molar-refractivity contribution is 8.00. The number of amides is 4. The number of carboxylic acid groups (broad SMARTS) is 1. The molecule has 3 fully saturated rings. The summed E-state index contributed by atoms with van der Waals surface area (Å²) in [6.45, 7) is 3.26. The Balaban J connectivity index is 1.28. The Bertz CT molecular complexity index is 1410. The normalized spacial score (nSPS) is 25.5. The number of nitrogens with one attached hydrogen (secondary N) is 1. The lowest BCUT2D eigenvalue weighted by atomic mass is 10.0. The van der Waals surface area contributed by atoms with Crippen LogP contribution < -0.4 is 11.1 Å². The minimum absolute atomic E-state index is 0.0475. The monoisotopic (exact) mass is 606 g/mol. The molecular formula is C23H26N8O8S2. The zero-order valence-corrected chi connectivity index (χ0v) is 23.3. The van der Waals surface area contributed by atoms with Gasteiger partial charge in [0, 0.05) is 42.5 Å². The Kier molecular flexibility index (Phi) is 7.85. The first kappa shape index (κ1) is 28.3. The number of carboxylic acids is 1. The van der Waals surface area contributed by atoms with E-state index in [9.17, 15) is 34.3 Å². The van der Waals surface area contributed by atoms with E-state index in [1.807, 2.05) is 0 Å². The van der Waals surface area contributed by atoms with Gasteiger partial charge in [-0.2, -0.15) is 9.36 Å². The highest BCUT2D eigenvalue weighted by atomic mass is 32.2. The number of β-lactam (4-membered cyclic amide) rings is 1. The van der Waals surface area contributed by atoms with E-state index in [-0.39, 0.29) is 41.0 Å². The van der Waals surface area contributed by atoms with Crippen LogP contribution in [-0.2, 0) is 23.9 Å². The fourth-order valence-electron chi connectivity index (χ4n) is 5.19. The van der Waals surface area contributed by atoms with E-state index >= 15 is 0 Å². The van der Waals surface area contributed by atoms with Crippen LogP contribution >= 0.6 is 23.3 Å². The predicted molar refractivity (Wildman–Crippen MR) is 144 cm³/mol. The van der Waals surface area contributed by atoms with Gasteiger partial charge in [0.05, 0.1) is 12.6 Å². The maximum absolute atomic E-state index is 13.2. The topological polar surface area (TPSA) is 221 Å². The summed E-state index contributed by atoms with van der Waals surface area (Å²) in [6.07, 6.45) is 2.12. The van der Waals surface area contributed by atoms with E-state index < -0.39 is 41.0 Å². The van der Waals surface area contributed by atoms with Crippen molar-refractivity contribution in [3.8, 4) is 0 Å². The number of rotatable bonds is 7. The summed E-state index contributed by atoms with van der Waals surface area (Å²) in [7, 11) is 0. The molecular weight excluding hydrogens is 580 g/mol. The molecule has 5 N–H and O–H groups in total. The molecule has 41 heavy (non-hydrogen) atoms. The smallest absolute Gasteiger partial charge is 0.409 e. The first-order valence-corrected chi connectivity index (χ1v) is 14.4. The van der Waals surface area contributed by atoms with Crippen LogP contribution in [0.3, 0.4) is 0 Å². The highest BCUT2D eigenvalue weighted by Gasteiger charge is 2.54. The zero-order valence-electron chi connectivity index (χ0n) is 21.7. The van der Waals surface area contributed by atoms with Crippen LogP contribution in [0.15, 0.2) is 28.1 Å². The van der Waals surface area contributed by atoms with Gasteiger partial charge in [-0.1, -0.05) is 5.16 Å². The van der Waals surface area contributed by atoms with Crippen molar-refractivity contribution in [3.05, 3.63) is 28.7 Å². The summed E-state index contributed by atoms with van der Waals surface area (Å²) in [4.78, 5) is 71.3. The molecule has 0 bridgehead atoms. The number of anilines is 1. The molecule has 18 heteroatoms. The second-order valence-electron chi connectivity index (χ2n) is 9.45. The molecule has 4 aliphatic heterocycles. The fourth-order valence-corrected chi connectivity index (χ4v) is 6.93. The number of likely N-dealkylation sites (tertiary alicyclic amines) is 2. The first-order valence-electron chi connectivity index (χ1n) is 12.6. The molecule has 3 atom stereocenters. The van der Waals surface area contributed by atoms with E-state index in [0.717, 1.165) is 16.4 Å². The van der Waals surface area contributed by atoms with E-state index in [2.05, 4.69) is 19.8 Å². The lowest BCUT2D eigenvalue weighted by Crippen LogP contribution is -2.71. The maximum Gasteiger partial charge on any atom is 0.409 e. The molecule has 0 saturated carbocycles. The summed E-state index contributed by atoms with van der Waals surface area (Å²) in [5.74, 6) is -3.22. The largest absolute Gasteiger partial charge is 0.477 e. The maximum atomic E-state index is 13.2. The molecule has 218 valence electrons. The second-order valence-corrected chi connectivity index (χ2v) is 11.3. The van der Waals surface area contributed by atoms with Crippen molar-refractivity contribution in [1.29, 1.82) is 0 Å². The number of oxime groups is 1.